The van der Waals surface area contributed by atoms with E-state index in [0.717, 1.165) is 18.7 Å². The number of hydrogen-bond acceptors (Lipinski definition) is 5. The van der Waals surface area contributed by atoms with Crippen molar-refractivity contribution in [2.45, 2.75) is 0 Å². The third-order valence-corrected chi connectivity index (χ3v) is 3.49. The number of anilines is 1. The molecule has 3 rings (SSSR count). The predicted molar refractivity (Wildman–Crippen MR) is 76.4 cm³/mol. The van der Waals surface area contributed by atoms with Crippen molar-refractivity contribution in [3.05, 3.63) is 23.2 Å². The number of aromatic nitrogens is 3. The highest BCUT2D eigenvalue weighted by Gasteiger charge is 2.16. The minimum atomic E-state index is 0.550. The molecule has 20 heavy (non-hydrogen) atoms. The summed E-state index contributed by atoms with van der Waals surface area (Å²) in [7, 11) is 1.59. The van der Waals surface area contributed by atoms with Crippen molar-refractivity contribution in [3.8, 4) is 17.1 Å². The Hall–Kier alpha value is -1.79. The first-order chi connectivity index (χ1) is 9.78. The predicted octanol–water partition coefficient (Wildman–Crippen LogP) is 1.97. The van der Waals surface area contributed by atoms with Gasteiger partial charge in [-0.05, 0) is 18.2 Å². The van der Waals surface area contributed by atoms with Crippen LogP contribution >= 0.6 is 11.6 Å². The maximum absolute atomic E-state index is 6.12. The van der Waals surface area contributed by atoms with Gasteiger partial charge in [0, 0.05) is 18.7 Å². The number of ether oxygens (including phenoxy) is 2. The number of rotatable bonds is 3. The van der Waals surface area contributed by atoms with E-state index in [-0.39, 0.29) is 0 Å². The van der Waals surface area contributed by atoms with Crippen LogP contribution in [-0.2, 0) is 4.74 Å². The number of morpholine rings is 1. The molecule has 1 saturated heterocycles. The molecule has 7 heteroatoms. The van der Waals surface area contributed by atoms with Crippen LogP contribution in [0.4, 0.5) is 5.95 Å². The van der Waals surface area contributed by atoms with E-state index < -0.39 is 0 Å². The summed E-state index contributed by atoms with van der Waals surface area (Å²) in [4.78, 5) is 6.60. The maximum Gasteiger partial charge on any atom is 0.245 e. The molecule has 1 fully saturated rings. The summed E-state index contributed by atoms with van der Waals surface area (Å²) in [6.07, 6.45) is 0. The Labute approximate surface area is 121 Å². The normalized spacial score (nSPS) is 15.4. The van der Waals surface area contributed by atoms with Gasteiger partial charge in [-0.1, -0.05) is 11.6 Å². The Morgan fingerprint density at radius 1 is 1.35 bits per heavy atom. The minimum absolute atomic E-state index is 0.550. The lowest BCUT2D eigenvalue weighted by molar-refractivity contribution is 0.122. The Balaban J connectivity index is 1.84. The van der Waals surface area contributed by atoms with E-state index in [2.05, 4.69) is 20.1 Å². The topological polar surface area (TPSA) is 63.3 Å². The standard InChI is InChI=1S/C13H15ClN4O2/c1-19-11-3-2-9(8-10(11)14)12-15-13(17-16-12)18-4-6-20-7-5-18/h2-3,8H,4-7H2,1H3,(H,15,16,17). The third kappa shape index (κ3) is 2.57. The molecule has 0 amide bonds. The van der Waals surface area contributed by atoms with Gasteiger partial charge in [0.2, 0.25) is 5.95 Å². The number of hydrogen-bond donors (Lipinski definition) is 1. The average molecular weight is 295 g/mol. The summed E-state index contributed by atoms with van der Waals surface area (Å²) in [6, 6.07) is 5.52. The van der Waals surface area contributed by atoms with E-state index in [9.17, 15) is 0 Å². The zero-order chi connectivity index (χ0) is 13.9. The quantitative estimate of drug-likeness (QED) is 0.938. The molecule has 106 valence electrons. The van der Waals surface area contributed by atoms with E-state index in [1.165, 1.54) is 0 Å². The molecule has 0 saturated carbocycles. The highest BCUT2D eigenvalue weighted by Crippen LogP contribution is 2.29. The largest absolute Gasteiger partial charge is 0.495 e. The molecule has 0 spiro atoms. The molecule has 0 aliphatic carbocycles. The van der Waals surface area contributed by atoms with Crippen LogP contribution in [0.2, 0.25) is 5.02 Å². The van der Waals surface area contributed by atoms with Gasteiger partial charge in [-0.2, -0.15) is 4.98 Å². The van der Waals surface area contributed by atoms with E-state index in [4.69, 9.17) is 21.1 Å². The highest BCUT2D eigenvalue weighted by molar-refractivity contribution is 6.32. The first kappa shape index (κ1) is 13.2. The molecule has 0 unspecified atom stereocenters. The Morgan fingerprint density at radius 2 is 2.15 bits per heavy atom. The molecular formula is C13H15ClN4O2. The van der Waals surface area contributed by atoms with E-state index in [0.29, 0.717) is 35.8 Å². The average Bonchev–Trinajstić information content (AvgIpc) is 2.98. The van der Waals surface area contributed by atoms with Crippen molar-refractivity contribution in [3.63, 3.8) is 0 Å². The second-order valence-corrected chi connectivity index (χ2v) is 4.84. The molecule has 0 atom stereocenters. The zero-order valence-corrected chi connectivity index (χ0v) is 11.9. The smallest absolute Gasteiger partial charge is 0.245 e. The number of nitrogens with one attached hydrogen (secondary N) is 1. The van der Waals surface area contributed by atoms with Gasteiger partial charge in [0.15, 0.2) is 5.82 Å². The van der Waals surface area contributed by atoms with Gasteiger partial charge in [0.1, 0.15) is 5.75 Å². The summed E-state index contributed by atoms with van der Waals surface area (Å²) in [6.45, 7) is 3.03. The number of benzene rings is 1. The van der Waals surface area contributed by atoms with Crippen molar-refractivity contribution >= 4 is 17.5 Å². The van der Waals surface area contributed by atoms with Crippen molar-refractivity contribution in [2.24, 2.45) is 0 Å². The first-order valence-electron chi connectivity index (χ1n) is 6.37. The van der Waals surface area contributed by atoms with Crippen LogP contribution in [0.15, 0.2) is 18.2 Å². The van der Waals surface area contributed by atoms with Crippen LogP contribution < -0.4 is 9.64 Å². The maximum atomic E-state index is 6.12. The summed E-state index contributed by atoms with van der Waals surface area (Å²) in [5, 5.41) is 7.74. The fourth-order valence-corrected chi connectivity index (χ4v) is 2.36. The van der Waals surface area contributed by atoms with Gasteiger partial charge < -0.3 is 14.4 Å². The number of halogens is 1. The highest BCUT2D eigenvalue weighted by atomic mass is 35.5. The first-order valence-corrected chi connectivity index (χ1v) is 6.75. The Bertz CT molecular complexity index is 596. The summed E-state index contributed by atoms with van der Waals surface area (Å²) in [5.41, 5.74) is 0.878. The zero-order valence-electron chi connectivity index (χ0n) is 11.1. The van der Waals surface area contributed by atoms with E-state index >= 15 is 0 Å². The van der Waals surface area contributed by atoms with E-state index in [1.54, 1.807) is 7.11 Å². The van der Waals surface area contributed by atoms with Crippen LogP contribution in [0.5, 0.6) is 5.75 Å². The number of nitrogens with zero attached hydrogens (tertiary/aromatic N) is 3. The molecule has 0 bridgehead atoms. The lowest BCUT2D eigenvalue weighted by Gasteiger charge is -2.25. The Kier molecular flexibility index (Phi) is 3.75. The lowest BCUT2D eigenvalue weighted by atomic mass is 10.2. The molecule has 1 aromatic heterocycles. The molecule has 0 radical (unpaired) electrons. The van der Waals surface area contributed by atoms with Crippen molar-refractivity contribution in [2.75, 3.05) is 38.3 Å². The number of H-pyrrole nitrogens is 1. The van der Waals surface area contributed by atoms with Crippen molar-refractivity contribution < 1.29 is 9.47 Å². The van der Waals surface area contributed by atoms with Crippen LogP contribution in [0.1, 0.15) is 0 Å². The second kappa shape index (κ2) is 5.68. The third-order valence-electron chi connectivity index (χ3n) is 3.19. The summed E-state index contributed by atoms with van der Waals surface area (Å²) < 4.78 is 10.5. The summed E-state index contributed by atoms with van der Waals surface area (Å²) in [5.74, 6) is 2.02. The van der Waals surface area contributed by atoms with Crippen molar-refractivity contribution in [1.29, 1.82) is 0 Å². The van der Waals surface area contributed by atoms with Gasteiger partial charge in [-0.25, -0.2) is 0 Å². The molecule has 1 aliphatic heterocycles. The minimum Gasteiger partial charge on any atom is -0.495 e. The molecular weight excluding hydrogens is 280 g/mol. The molecule has 6 nitrogen and oxygen atoms in total. The monoisotopic (exact) mass is 294 g/mol. The second-order valence-electron chi connectivity index (χ2n) is 4.43. The van der Waals surface area contributed by atoms with Crippen LogP contribution in [-0.4, -0.2) is 48.6 Å². The molecule has 1 N–H and O–H groups in total. The van der Waals surface area contributed by atoms with Crippen molar-refractivity contribution in [1.82, 2.24) is 15.2 Å². The molecule has 1 aliphatic rings. The molecule has 1 aromatic carbocycles. The molecule has 2 heterocycles. The summed E-state index contributed by atoms with van der Waals surface area (Å²) >= 11 is 6.12. The number of aromatic amines is 1. The van der Waals surface area contributed by atoms with Gasteiger partial charge >= 0.3 is 0 Å². The number of methoxy groups -OCH3 is 1. The van der Waals surface area contributed by atoms with Gasteiger partial charge in [0.25, 0.3) is 0 Å². The Morgan fingerprint density at radius 3 is 2.85 bits per heavy atom. The van der Waals surface area contributed by atoms with Crippen LogP contribution in [0.25, 0.3) is 11.4 Å². The fourth-order valence-electron chi connectivity index (χ4n) is 2.10. The van der Waals surface area contributed by atoms with Gasteiger partial charge in [-0.3, -0.25) is 5.10 Å². The van der Waals surface area contributed by atoms with E-state index in [1.807, 2.05) is 18.2 Å². The lowest BCUT2D eigenvalue weighted by Crippen LogP contribution is -2.36. The fraction of sp³-hybridized carbons (Fsp3) is 0.385. The van der Waals surface area contributed by atoms with Crippen LogP contribution in [0, 0.1) is 0 Å². The van der Waals surface area contributed by atoms with Gasteiger partial charge in [-0.15, -0.1) is 5.10 Å². The van der Waals surface area contributed by atoms with Crippen LogP contribution in [0.3, 0.4) is 0 Å². The van der Waals surface area contributed by atoms with Gasteiger partial charge in [0.05, 0.1) is 25.3 Å². The molecule has 2 aromatic rings. The SMILES string of the molecule is COc1ccc(-c2nc(N3CCOCC3)n[nH]2)cc1Cl.